The average molecular weight is 262 g/mol. The third-order valence-corrected chi connectivity index (χ3v) is 4.37. The van der Waals surface area contributed by atoms with Crippen LogP contribution in [0.3, 0.4) is 0 Å². The highest BCUT2D eigenvalue weighted by molar-refractivity contribution is 7.99. The van der Waals surface area contributed by atoms with Crippen LogP contribution in [0.4, 0.5) is 0 Å². The van der Waals surface area contributed by atoms with Crippen LogP contribution in [0.1, 0.15) is 48.2 Å². The van der Waals surface area contributed by atoms with Gasteiger partial charge < -0.3 is 5.11 Å². The van der Waals surface area contributed by atoms with Crippen molar-refractivity contribution in [2.45, 2.75) is 42.4 Å². The SMILES string of the molecule is N#Cc1ccc(C(=O)O)nc1SC1CCCCC1. The van der Waals surface area contributed by atoms with Crippen LogP contribution < -0.4 is 0 Å². The Morgan fingerprint density at radius 2 is 2.11 bits per heavy atom. The molecule has 1 fully saturated rings. The van der Waals surface area contributed by atoms with Crippen molar-refractivity contribution in [3.8, 4) is 6.07 Å². The van der Waals surface area contributed by atoms with Gasteiger partial charge >= 0.3 is 5.97 Å². The summed E-state index contributed by atoms with van der Waals surface area (Å²) >= 11 is 1.55. The summed E-state index contributed by atoms with van der Waals surface area (Å²) in [6.45, 7) is 0. The number of thioether (sulfide) groups is 1. The van der Waals surface area contributed by atoms with E-state index in [-0.39, 0.29) is 5.69 Å². The molecule has 0 amide bonds. The van der Waals surface area contributed by atoms with Gasteiger partial charge in [-0.05, 0) is 25.0 Å². The third kappa shape index (κ3) is 3.02. The zero-order valence-corrected chi connectivity index (χ0v) is 10.7. The monoisotopic (exact) mass is 262 g/mol. The maximum Gasteiger partial charge on any atom is 0.354 e. The second kappa shape index (κ2) is 5.87. The molecule has 94 valence electrons. The Kier molecular flexibility index (Phi) is 4.21. The summed E-state index contributed by atoms with van der Waals surface area (Å²) < 4.78 is 0. The number of nitriles is 1. The van der Waals surface area contributed by atoms with Crippen molar-refractivity contribution in [1.29, 1.82) is 5.26 Å². The third-order valence-electron chi connectivity index (χ3n) is 3.03. The minimum absolute atomic E-state index is 0.00677. The van der Waals surface area contributed by atoms with E-state index in [0.717, 1.165) is 12.8 Å². The van der Waals surface area contributed by atoms with E-state index in [1.165, 1.54) is 25.3 Å². The number of hydrogen-bond donors (Lipinski definition) is 1. The zero-order chi connectivity index (χ0) is 13.0. The molecular formula is C13H14N2O2S. The van der Waals surface area contributed by atoms with Crippen molar-refractivity contribution in [3.05, 3.63) is 23.4 Å². The van der Waals surface area contributed by atoms with Crippen LogP contribution in [0.25, 0.3) is 0 Å². The van der Waals surface area contributed by atoms with Gasteiger partial charge in [-0.1, -0.05) is 19.3 Å². The molecule has 0 unspecified atom stereocenters. The number of aromatic nitrogens is 1. The first-order chi connectivity index (χ1) is 8.70. The Morgan fingerprint density at radius 3 is 2.72 bits per heavy atom. The molecule has 1 aliphatic carbocycles. The summed E-state index contributed by atoms with van der Waals surface area (Å²) in [4.78, 5) is 15.0. The van der Waals surface area contributed by atoms with E-state index in [0.29, 0.717) is 15.8 Å². The normalized spacial score (nSPS) is 16.2. The first-order valence-electron chi connectivity index (χ1n) is 6.02. The topological polar surface area (TPSA) is 74.0 Å². The van der Waals surface area contributed by atoms with Gasteiger partial charge in [-0.2, -0.15) is 5.26 Å². The van der Waals surface area contributed by atoms with E-state index in [4.69, 9.17) is 10.4 Å². The summed E-state index contributed by atoms with van der Waals surface area (Å²) in [6, 6.07) is 5.00. The molecule has 0 bridgehead atoms. The number of carbonyl (C=O) groups is 1. The lowest BCUT2D eigenvalue weighted by Crippen LogP contribution is -2.10. The van der Waals surface area contributed by atoms with Gasteiger partial charge in [0, 0.05) is 5.25 Å². The Hall–Kier alpha value is -1.54. The summed E-state index contributed by atoms with van der Waals surface area (Å²) in [5.41, 5.74) is 0.475. The number of carboxylic acids is 1. The van der Waals surface area contributed by atoms with Crippen LogP contribution in [-0.4, -0.2) is 21.3 Å². The lowest BCUT2D eigenvalue weighted by molar-refractivity contribution is 0.0689. The fourth-order valence-electron chi connectivity index (χ4n) is 2.08. The highest BCUT2D eigenvalue weighted by Gasteiger charge is 2.18. The summed E-state index contributed by atoms with van der Waals surface area (Å²) in [5.74, 6) is -1.05. The predicted octanol–water partition coefficient (Wildman–Crippen LogP) is 3.08. The van der Waals surface area contributed by atoms with Gasteiger partial charge in [0.25, 0.3) is 0 Å². The van der Waals surface area contributed by atoms with Crippen molar-refractivity contribution in [1.82, 2.24) is 4.98 Å². The fourth-order valence-corrected chi connectivity index (χ4v) is 3.35. The maximum atomic E-state index is 10.9. The minimum Gasteiger partial charge on any atom is -0.477 e. The molecule has 0 spiro atoms. The molecule has 0 aromatic carbocycles. The first-order valence-corrected chi connectivity index (χ1v) is 6.90. The molecule has 0 atom stereocenters. The number of nitrogens with zero attached hydrogens (tertiary/aromatic N) is 2. The van der Waals surface area contributed by atoms with Crippen molar-refractivity contribution in [3.63, 3.8) is 0 Å². The van der Waals surface area contributed by atoms with Crippen LogP contribution in [0.15, 0.2) is 17.2 Å². The predicted molar refractivity (Wildman–Crippen MR) is 68.6 cm³/mol. The molecule has 5 heteroatoms. The number of aromatic carboxylic acids is 1. The van der Waals surface area contributed by atoms with Crippen molar-refractivity contribution in [2.24, 2.45) is 0 Å². The summed E-state index contributed by atoms with van der Waals surface area (Å²) in [7, 11) is 0. The van der Waals surface area contributed by atoms with Gasteiger partial charge in [-0.3, -0.25) is 0 Å². The van der Waals surface area contributed by atoms with E-state index >= 15 is 0 Å². The summed E-state index contributed by atoms with van der Waals surface area (Å²) in [6.07, 6.45) is 5.92. The number of pyridine rings is 1. The molecule has 0 aliphatic heterocycles. The largest absolute Gasteiger partial charge is 0.477 e. The molecule has 0 saturated heterocycles. The molecule has 2 rings (SSSR count). The lowest BCUT2D eigenvalue weighted by atomic mass is 10.0. The van der Waals surface area contributed by atoms with Crippen molar-refractivity contribution in [2.75, 3.05) is 0 Å². The molecule has 1 aromatic heterocycles. The molecule has 0 radical (unpaired) electrons. The van der Waals surface area contributed by atoms with Gasteiger partial charge in [-0.15, -0.1) is 11.8 Å². The van der Waals surface area contributed by atoms with Crippen LogP contribution in [0, 0.1) is 11.3 Å². The highest BCUT2D eigenvalue weighted by atomic mass is 32.2. The molecule has 1 aromatic rings. The van der Waals surface area contributed by atoms with Crippen LogP contribution >= 0.6 is 11.8 Å². The molecule has 1 heterocycles. The Bertz CT molecular complexity index is 490. The number of hydrogen-bond acceptors (Lipinski definition) is 4. The van der Waals surface area contributed by atoms with Gasteiger partial charge in [0.1, 0.15) is 16.8 Å². The van der Waals surface area contributed by atoms with E-state index in [2.05, 4.69) is 11.1 Å². The van der Waals surface area contributed by atoms with E-state index < -0.39 is 5.97 Å². The maximum absolute atomic E-state index is 10.9. The van der Waals surface area contributed by atoms with Crippen LogP contribution in [0.5, 0.6) is 0 Å². The zero-order valence-electron chi connectivity index (χ0n) is 9.93. The van der Waals surface area contributed by atoms with Gasteiger partial charge in [0.15, 0.2) is 0 Å². The van der Waals surface area contributed by atoms with E-state index in [1.807, 2.05) is 0 Å². The average Bonchev–Trinajstić information content (AvgIpc) is 2.39. The molecule has 4 nitrogen and oxygen atoms in total. The second-order valence-corrected chi connectivity index (χ2v) is 5.63. The molecule has 1 aliphatic rings. The van der Waals surface area contributed by atoms with E-state index in [1.54, 1.807) is 17.8 Å². The van der Waals surface area contributed by atoms with Crippen molar-refractivity contribution >= 4 is 17.7 Å². The van der Waals surface area contributed by atoms with Crippen LogP contribution in [-0.2, 0) is 0 Å². The Morgan fingerprint density at radius 1 is 1.39 bits per heavy atom. The lowest BCUT2D eigenvalue weighted by Gasteiger charge is -2.20. The van der Waals surface area contributed by atoms with Gasteiger partial charge in [0.05, 0.1) is 5.56 Å². The fraction of sp³-hybridized carbons (Fsp3) is 0.462. The number of rotatable bonds is 3. The Labute approximate surface area is 110 Å². The Balaban J connectivity index is 2.21. The quantitative estimate of drug-likeness (QED) is 0.906. The molecule has 1 N–H and O–H groups in total. The van der Waals surface area contributed by atoms with Gasteiger partial charge in [0.2, 0.25) is 0 Å². The van der Waals surface area contributed by atoms with Gasteiger partial charge in [-0.25, -0.2) is 9.78 Å². The second-order valence-electron chi connectivity index (χ2n) is 4.34. The van der Waals surface area contributed by atoms with Crippen LogP contribution in [0.2, 0.25) is 0 Å². The smallest absolute Gasteiger partial charge is 0.354 e. The first kappa shape index (κ1) is 12.9. The standard InChI is InChI=1S/C13H14N2O2S/c14-8-9-6-7-11(13(16)17)15-12(9)18-10-4-2-1-3-5-10/h6-7,10H,1-5H2,(H,16,17). The number of carboxylic acid groups (broad SMARTS) is 1. The minimum atomic E-state index is -1.05. The van der Waals surface area contributed by atoms with Crippen molar-refractivity contribution < 1.29 is 9.90 Å². The molecular weight excluding hydrogens is 248 g/mol. The van der Waals surface area contributed by atoms with E-state index in [9.17, 15) is 4.79 Å². The molecule has 1 saturated carbocycles. The summed E-state index contributed by atoms with van der Waals surface area (Å²) in [5, 5.41) is 19.0. The highest BCUT2D eigenvalue weighted by Crippen LogP contribution is 2.34. The molecule has 18 heavy (non-hydrogen) atoms.